The number of fused-ring (bicyclic) bond motifs is 1. The molecule has 1 aliphatic heterocycles. The SMILES string of the molecule is CC1(C)CC(O)c2cc(Br)c(F)cc2O1. The van der Waals surface area contributed by atoms with Crippen LogP contribution in [-0.2, 0) is 0 Å². The zero-order valence-corrected chi connectivity index (χ0v) is 10.1. The van der Waals surface area contributed by atoms with Gasteiger partial charge in [-0.2, -0.15) is 0 Å². The maximum absolute atomic E-state index is 13.3. The van der Waals surface area contributed by atoms with E-state index in [9.17, 15) is 9.50 Å². The first kappa shape index (κ1) is 10.9. The monoisotopic (exact) mass is 274 g/mol. The van der Waals surface area contributed by atoms with Gasteiger partial charge in [-0.15, -0.1) is 0 Å². The third-order valence-corrected chi connectivity index (χ3v) is 3.09. The predicted molar refractivity (Wildman–Crippen MR) is 58.4 cm³/mol. The topological polar surface area (TPSA) is 29.5 Å². The Bertz CT molecular complexity index is 404. The number of aliphatic hydroxyl groups excluding tert-OH is 1. The van der Waals surface area contributed by atoms with Crippen LogP contribution in [0.2, 0.25) is 0 Å². The van der Waals surface area contributed by atoms with Gasteiger partial charge in [0.25, 0.3) is 0 Å². The lowest BCUT2D eigenvalue weighted by Crippen LogP contribution is -2.34. The molecule has 15 heavy (non-hydrogen) atoms. The number of halogens is 2. The highest BCUT2D eigenvalue weighted by Crippen LogP contribution is 2.41. The van der Waals surface area contributed by atoms with Gasteiger partial charge in [-0.05, 0) is 35.8 Å². The molecule has 0 bridgehead atoms. The van der Waals surface area contributed by atoms with Gasteiger partial charge in [0.15, 0.2) is 0 Å². The maximum atomic E-state index is 13.3. The third kappa shape index (κ3) is 2.01. The van der Waals surface area contributed by atoms with Crippen LogP contribution < -0.4 is 4.74 Å². The van der Waals surface area contributed by atoms with E-state index in [0.29, 0.717) is 22.2 Å². The lowest BCUT2D eigenvalue weighted by molar-refractivity contribution is 0.0112. The van der Waals surface area contributed by atoms with Crippen molar-refractivity contribution in [2.45, 2.75) is 32.0 Å². The van der Waals surface area contributed by atoms with Crippen molar-refractivity contribution < 1.29 is 14.2 Å². The Labute approximate surface area is 96.2 Å². The van der Waals surface area contributed by atoms with Crippen molar-refractivity contribution in [2.24, 2.45) is 0 Å². The van der Waals surface area contributed by atoms with Gasteiger partial charge in [-0.1, -0.05) is 0 Å². The van der Waals surface area contributed by atoms with Crippen LogP contribution in [0.4, 0.5) is 4.39 Å². The Kier molecular flexibility index (Phi) is 2.51. The largest absolute Gasteiger partial charge is 0.487 e. The summed E-state index contributed by atoms with van der Waals surface area (Å²) in [6.45, 7) is 3.75. The summed E-state index contributed by atoms with van der Waals surface area (Å²) in [7, 11) is 0. The molecule has 0 aromatic heterocycles. The fraction of sp³-hybridized carbons (Fsp3) is 0.455. The van der Waals surface area contributed by atoms with Crippen molar-refractivity contribution in [1.29, 1.82) is 0 Å². The summed E-state index contributed by atoms with van der Waals surface area (Å²) >= 11 is 3.09. The summed E-state index contributed by atoms with van der Waals surface area (Å²) in [6.07, 6.45) is -0.0846. The Morgan fingerprint density at radius 2 is 2.20 bits per heavy atom. The highest BCUT2D eigenvalue weighted by molar-refractivity contribution is 9.10. The van der Waals surface area contributed by atoms with Crippen LogP contribution >= 0.6 is 15.9 Å². The van der Waals surface area contributed by atoms with Crippen molar-refractivity contribution in [1.82, 2.24) is 0 Å². The molecule has 1 N–H and O–H groups in total. The highest BCUT2D eigenvalue weighted by Gasteiger charge is 2.33. The van der Waals surface area contributed by atoms with Gasteiger partial charge >= 0.3 is 0 Å². The normalized spacial score (nSPS) is 23.1. The molecule has 1 aromatic carbocycles. The molecule has 0 spiro atoms. The van der Waals surface area contributed by atoms with E-state index in [1.165, 1.54) is 6.07 Å². The van der Waals surface area contributed by atoms with Crippen molar-refractivity contribution >= 4 is 15.9 Å². The summed E-state index contributed by atoms with van der Waals surface area (Å²) < 4.78 is 19.2. The minimum absolute atomic E-state index is 0.351. The number of ether oxygens (including phenoxy) is 1. The molecule has 2 nitrogen and oxygen atoms in total. The molecule has 0 fully saturated rings. The van der Waals surface area contributed by atoms with Crippen LogP contribution in [0.5, 0.6) is 5.75 Å². The molecule has 0 amide bonds. The second-order valence-corrected chi connectivity index (χ2v) is 5.24. The predicted octanol–water partition coefficient (Wildman–Crippen LogP) is 3.18. The van der Waals surface area contributed by atoms with Crippen LogP contribution in [0.15, 0.2) is 16.6 Å². The molecular formula is C11H12BrFO2. The van der Waals surface area contributed by atoms with Crippen LogP contribution in [-0.4, -0.2) is 10.7 Å². The van der Waals surface area contributed by atoms with E-state index in [0.717, 1.165) is 0 Å². The number of hydrogen-bond acceptors (Lipinski definition) is 2. The zero-order chi connectivity index (χ0) is 11.2. The molecule has 0 radical (unpaired) electrons. The lowest BCUT2D eigenvalue weighted by atomic mass is 9.92. The minimum atomic E-state index is -0.597. The summed E-state index contributed by atoms with van der Waals surface area (Å²) in [5, 5.41) is 9.89. The Balaban J connectivity index is 2.51. The first-order valence-electron chi connectivity index (χ1n) is 4.75. The first-order chi connectivity index (χ1) is 6.89. The van der Waals surface area contributed by atoms with Crippen molar-refractivity contribution in [3.8, 4) is 5.75 Å². The number of rotatable bonds is 0. The van der Waals surface area contributed by atoms with Crippen LogP contribution in [0, 0.1) is 5.82 Å². The Morgan fingerprint density at radius 3 is 2.87 bits per heavy atom. The molecule has 1 aliphatic rings. The second-order valence-electron chi connectivity index (χ2n) is 4.39. The smallest absolute Gasteiger partial charge is 0.141 e. The number of aliphatic hydroxyl groups is 1. The van der Waals surface area contributed by atoms with E-state index in [2.05, 4.69) is 15.9 Å². The van der Waals surface area contributed by atoms with E-state index >= 15 is 0 Å². The van der Waals surface area contributed by atoms with Gasteiger partial charge in [-0.3, -0.25) is 0 Å². The quantitative estimate of drug-likeness (QED) is 0.788. The summed E-state index contributed by atoms with van der Waals surface area (Å²) in [5.74, 6) is 0.0538. The average Bonchev–Trinajstić information content (AvgIpc) is 2.07. The van der Waals surface area contributed by atoms with E-state index in [4.69, 9.17) is 4.74 Å². The average molecular weight is 275 g/mol. The molecule has 1 atom stereocenters. The minimum Gasteiger partial charge on any atom is -0.487 e. The molecule has 2 rings (SSSR count). The van der Waals surface area contributed by atoms with Crippen LogP contribution in [0.25, 0.3) is 0 Å². The molecule has 0 aliphatic carbocycles. The third-order valence-electron chi connectivity index (χ3n) is 2.48. The fourth-order valence-electron chi connectivity index (χ4n) is 1.81. The van der Waals surface area contributed by atoms with E-state index < -0.39 is 11.7 Å². The second kappa shape index (κ2) is 3.46. The maximum Gasteiger partial charge on any atom is 0.141 e. The Morgan fingerprint density at radius 1 is 1.53 bits per heavy atom. The summed E-state index contributed by atoms with van der Waals surface area (Å²) in [5.41, 5.74) is 0.190. The molecule has 0 saturated heterocycles. The molecule has 82 valence electrons. The molecule has 1 unspecified atom stereocenters. The first-order valence-corrected chi connectivity index (χ1v) is 5.54. The van der Waals surface area contributed by atoms with Gasteiger partial charge in [-0.25, -0.2) is 4.39 Å². The van der Waals surface area contributed by atoms with Crippen LogP contribution in [0.1, 0.15) is 31.9 Å². The van der Waals surface area contributed by atoms with Gasteiger partial charge in [0, 0.05) is 18.1 Å². The van der Waals surface area contributed by atoms with Gasteiger partial charge in [0.05, 0.1) is 10.6 Å². The number of benzene rings is 1. The highest BCUT2D eigenvalue weighted by atomic mass is 79.9. The Hall–Kier alpha value is -0.610. The molecule has 0 saturated carbocycles. The van der Waals surface area contributed by atoms with Crippen LogP contribution in [0.3, 0.4) is 0 Å². The fourth-order valence-corrected chi connectivity index (χ4v) is 2.17. The van der Waals surface area contributed by atoms with Crippen molar-refractivity contribution in [3.05, 3.63) is 28.0 Å². The van der Waals surface area contributed by atoms with E-state index in [-0.39, 0.29) is 5.82 Å². The molecule has 1 aromatic rings. The van der Waals surface area contributed by atoms with Gasteiger partial charge < -0.3 is 9.84 Å². The van der Waals surface area contributed by atoms with Gasteiger partial charge in [0.2, 0.25) is 0 Å². The molecular weight excluding hydrogens is 263 g/mol. The summed E-state index contributed by atoms with van der Waals surface area (Å²) in [4.78, 5) is 0. The van der Waals surface area contributed by atoms with Crippen molar-refractivity contribution in [2.75, 3.05) is 0 Å². The summed E-state index contributed by atoms with van der Waals surface area (Å²) in [6, 6.07) is 2.88. The number of hydrogen-bond donors (Lipinski definition) is 1. The molecule has 1 heterocycles. The molecule has 4 heteroatoms. The van der Waals surface area contributed by atoms with Crippen molar-refractivity contribution in [3.63, 3.8) is 0 Å². The van der Waals surface area contributed by atoms with E-state index in [1.54, 1.807) is 6.07 Å². The van der Waals surface area contributed by atoms with Gasteiger partial charge in [0.1, 0.15) is 17.2 Å². The standard InChI is InChI=1S/C11H12BrFO2/c1-11(2)5-9(14)6-3-7(12)8(13)4-10(6)15-11/h3-4,9,14H,5H2,1-2H3. The van der Waals surface area contributed by atoms with E-state index in [1.807, 2.05) is 13.8 Å². The zero-order valence-electron chi connectivity index (χ0n) is 8.55. The lowest BCUT2D eigenvalue weighted by Gasteiger charge is -2.35.